The van der Waals surface area contributed by atoms with Crippen molar-refractivity contribution >= 4 is 5.91 Å². The first kappa shape index (κ1) is 18.7. The van der Waals surface area contributed by atoms with Crippen LogP contribution in [-0.4, -0.2) is 27.4 Å². The molecule has 0 fully saturated rings. The van der Waals surface area contributed by atoms with Gasteiger partial charge in [-0.3, -0.25) is 9.48 Å². The maximum Gasteiger partial charge on any atom is 0.275 e. The number of amides is 1. The molecule has 5 rings (SSSR count). The lowest BCUT2D eigenvalue weighted by molar-refractivity contribution is 0.0629. The molecule has 154 valence electrons. The van der Waals surface area contributed by atoms with Gasteiger partial charge in [0.25, 0.3) is 5.91 Å². The number of para-hydroxylation sites is 1. The lowest BCUT2D eigenvalue weighted by Crippen LogP contribution is -2.36. The van der Waals surface area contributed by atoms with Gasteiger partial charge in [0.15, 0.2) is 17.2 Å². The van der Waals surface area contributed by atoms with Crippen LogP contribution in [0.5, 0.6) is 11.5 Å². The second kappa shape index (κ2) is 7.52. The first-order chi connectivity index (χ1) is 14.6. The molecule has 6 heteroatoms. The summed E-state index contributed by atoms with van der Waals surface area (Å²) < 4.78 is 13.0. The fourth-order valence-electron chi connectivity index (χ4n) is 4.49. The molecule has 2 aliphatic rings. The highest BCUT2D eigenvalue weighted by molar-refractivity contribution is 5.92. The molecule has 0 spiro atoms. The molecule has 2 heterocycles. The predicted molar refractivity (Wildman–Crippen MR) is 113 cm³/mol. The zero-order valence-electron chi connectivity index (χ0n) is 17.3. The summed E-state index contributed by atoms with van der Waals surface area (Å²) in [5.74, 6) is 1.41. The Hall–Kier alpha value is -3.28. The third-order valence-electron chi connectivity index (χ3n) is 6.13. The highest BCUT2D eigenvalue weighted by Crippen LogP contribution is 2.40. The van der Waals surface area contributed by atoms with E-state index in [-0.39, 0.29) is 18.7 Å². The van der Waals surface area contributed by atoms with Crippen LogP contribution < -0.4 is 9.47 Å². The summed E-state index contributed by atoms with van der Waals surface area (Å²) in [5.41, 5.74) is 4.94. The van der Waals surface area contributed by atoms with Gasteiger partial charge in [-0.2, -0.15) is 5.10 Å². The number of hydrogen-bond donors (Lipinski definition) is 0. The standard InChI is InChI=1S/C24H25N3O3/c1-16-13-20(25-26(16)2)24(28)27(14-18-9-6-12-22-23(18)30-15-29-22)21-11-5-8-17-7-3-4-10-19(17)21/h3-4,6-7,9-10,12-13,21H,5,8,11,14-15H2,1-2H3/t21-/m0/s1. The summed E-state index contributed by atoms with van der Waals surface area (Å²) in [6.07, 6.45) is 3.04. The fraction of sp³-hybridized carbons (Fsp3) is 0.333. The first-order valence-electron chi connectivity index (χ1n) is 10.4. The van der Waals surface area contributed by atoms with Gasteiger partial charge in [0.05, 0.1) is 12.6 Å². The van der Waals surface area contributed by atoms with E-state index in [0.29, 0.717) is 12.2 Å². The molecule has 0 unspecified atom stereocenters. The van der Waals surface area contributed by atoms with E-state index in [2.05, 4.69) is 29.4 Å². The van der Waals surface area contributed by atoms with Crippen LogP contribution in [-0.2, 0) is 20.0 Å². The minimum atomic E-state index is -0.0584. The van der Waals surface area contributed by atoms with Crippen LogP contribution in [0.25, 0.3) is 0 Å². The molecule has 2 aromatic carbocycles. The highest BCUT2D eigenvalue weighted by atomic mass is 16.7. The van der Waals surface area contributed by atoms with Gasteiger partial charge in [-0.25, -0.2) is 0 Å². The third-order valence-corrected chi connectivity index (χ3v) is 6.13. The number of rotatable bonds is 4. The summed E-state index contributed by atoms with van der Waals surface area (Å²) in [5, 5.41) is 4.47. The lowest BCUT2D eigenvalue weighted by Gasteiger charge is -2.36. The van der Waals surface area contributed by atoms with Gasteiger partial charge in [-0.1, -0.05) is 36.4 Å². The molecule has 0 radical (unpaired) electrons. The second-order valence-corrected chi connectivity index (χ2v) is 7.99. The lowest BCUT2D eigenvalue weighted by atomic mass is 9.86. The van der Waals surface area contributed by atoms with Crippen LogP contribution in [0.3, 0.4) is 0 Å². The topological polar surface area (TPSA) is 56.6 Å². The Morgan fingerprint density at radius 1 is 1.20 bits per heavy atom. The van der Waals surface area contributed by atoms with Crippen LogP contribution in [0.15, 0.2) is 48.5 Å². The summed E-state index contributed by atoms with van der Waals surface area (Å²) in [4.78, 5) is 15.7. The summed E-state index contributed by atoms with van der Waals surface area (Å²) in [6.45, 7) is 2.62. The first-order valence-corrected chi connectivity index (χ1v) is 10.4. The van der Waals surface area contributed by atoms with E-state index in [1.54, 1.807) is 4.68 Å². The van der Waals surface area contributed by atoms with E-state index in [1.165, 1.54) is 11.1 Å². The van der Waals surface area contributed by atoms with Crippen molar-refractivity contribution in [2.75, 3.05) is 6.79 Å². The van der Waals surface area contributed by atoms with Crippen molar-refractivity contribution in [1.29, 1.82) is 0 Å². The van der Waals surface area contributed by atoms with Gasteiger partial charge in [-0.05, 0) is 49.4 Å². The molecule has 0 saturated heterocycles. The minimum Gasteiger partial charge on any atom is -0.454 e. The average Bonchev–Trinajstić information content (AvgIpc) is 3.38. The van der Waals surface area contributed by atoms with E-state index >= 15 is 0 Å². The number of benzene rings is 2. The molecule has 1 aliphatic carbocycles. The van der Waals surface area contributed by atoms with Gasteiger partial charge in [0.2, 0.25) is 6.79 Å². The summed E-state index contributed by atoms with van der Waals surface area (Å²) in [6, 6.07) is 16.2. The molecular weight excluding hydrogens is 378 g/mol. The number of ether oxygens (including phenoxy) is 2. The maximum atomic E-state index is 13.7. The zero-order chi connectivity index (χ0) is 20.7. The number of aryl methyl sites for hydroxylation is 3. The normalized spacial score (nSPS) is 16.9. The molecule has 1 atom stereocenters. The maximum absolute atomic E-state index is 13.7. The Balaban J connectivity index is 1.56. The number of aromatic nitrogens is 2. The molecule has 0 bridgehead atoms. The molecule has 3 aromatic rings. The van der Waals surface area contributed by atoms with E-state index < -0.39 is 0 Å². The number of carbonyl (C=O) groups is 1. The summed E-state index contributed by atoms with van der Waals surface area (Å²) in [7, 11) is 1.86. The Morgan fingerprint density at radius 2 is 2.07 bits per heavy atom. The average molecular weight is 403 g/mol. The SMILES string of the molecule is Cc1cc(C(=O)N(Cc2cccc3c2OCO3)[C@H]2CCCc3ccccc32)nn1C. The smallest absolute Gasteiger partial charge is 0.275 e. The van der Waals surface area contributed by atoms with Crippen LogP contribution in [0.1, 0.15) is 51.8 Å². The Morgan fingerprint density at radius 3 is 2.90 bits per heavy atom. The number of nitrogens with zero attached hydrogens (tertiary/aromatic N) is 3. The van der Waals surface area contributed by atoms with E-state index in [1.807, 2.05) is 43.1 Å². The monoisotopic (exact) mass is 403 g/mol. The van der Waals surface area contributed by atoms with Gasteiger partial charge < -0.3 is 14.4 Å². The van der Waals surface area contributed by atoms with Crippen molar-refractivity contribution in [2.45, 2.75) is 38.8 Å². The Bertz CT molecular complexity index is 1090. The second-order valence-electron chi connectivity index (χ2n) is 7.99. The van der Waals surface area contributed by atoms with E-state index in [4.69, 9.17) is 9.47 Å². The predicted octanol–water partition coefficient (Wildman–Crippen LogP) is 4.18. The van der Waals surface area contributed by atoms with Gasteiger partial charge >= 0.3 is 0 Å². The van der Waals surface area contributed by atoms with Crippen molar-refractivity contribution in [3.63, 3.8) is 0 Å². The van der Waals surface area contributed by atoms with Crippen LogP contribution >= 0.6 is 0 Å². The molecule has 0 N–H and O–H groups in total. The number of fused-ring (bicyclic) bond motifs is 2. The van der Waals surface area contributed by atoms with Crippen LogP contribution in [0, 0.1) is 6.92 Å². The Labute approximate surface area is 176 Å². The molecule has 30 heavy (non-hydrogen) atoms. The van der Waals surface area contributed by atoms with Crippen molar-refractivity contribution in [3.05, 3.63) is 76.6 Å². The van der Waals surface area contributed by atoms with Crippen molar-refractivity contribution in [3.8, 4) is 11.5 Å². The molecule has 1 aromatic heterocycles. The number of hydrogen-bond acceptors (Lipinski definition) is 4. The van der Waals surface area contributed by atoms with Gasteiger partial charge in [0, 0.05) is 18.3 Å². The van der Waals surface area contributed by atoms with Crippen LogP contribution in [0.4, 0.5) is 0 Å². The van der Waals surface area contributed by atoms with E-state index in [9.17, 15) is 4.79 Å². The quantitative estimate of drug-likeness (QED) is 0.656. The fourth-order valence-corrected chi connectivity index (χ4v) is 4.49. The van der Waals surface area contributed by atoms with E-state index in [0.717, 1.165) is 42.0 Å². The Kier molecular flexibility index (Phi) is 4.69. The largest absolute Gasteiger partial charge is 0.454 e. The van der Waals surface area contributed by atoms with Crippen molar-refractivity contribution < 1.29 is 14.3 Å². The molecular formula is C24H25N3O3. The summed E-state index contributed by atoms with van der Waals surface area (Å²) >= 11 is 0. The molecule has 6 nitrogen and oxygen atoms in total. The molecule has 1 aliphatic heterocycles. The van der Waals surface area contributed by atoms with Crippen LogP contribution in [0.2, 0.25) is 0 Å². The van der Waals surface area contributed by atoms with Gasteiger partial charge in [-0.15, -0.1) is 0 Å². The molecule has 1 amide bonds. The minimum absolute atomic E-state index is 0.00272. The third kappa shape index (κ3) is 3.22. The van der Waals surface area contributed by atoms with Crippen molar-refractivity contribution in [2.24, 2.45) is 7.05 Å². The number of carbonyl (C=O) groups excluding carboxylic acids is 1. The zero-order valence-corrected chi connectivity index (χ0v) is 17.3. The molecule has 0 saturated carbocycles. The highest BCUT2D eigenvalue weighted by Gasteiger charge is 2.32. The van der Waals surface area contributed by atoms with Gasteiger partial charge in [0.1, 0.15) is 0 Å². The van der Waals surface area contributed by atoms with Crippen molar-refractivity contribution in [1.82, 2.24) is 14.7 Å².